The molecule has 2 aromatic rings. The lowest BCUT2D eigenvalue weighted by Gasteiger charge is -2.32. The van der Waals surface area contributed by atoms with Gasteiger partial charge >= 0.3 is 0 Å². The molecule has 0 aliphatic carbocycles. The van der Waals surface area contributed by atoms with Crippen molar-refractivity contribution < 1.29 is 4.74 Å². The Balaban J connectivity index is 2.06. The molecule has 0 aliphatic rings. The Labute approximate surface area is 141 Å². The van der Waals surface area contributed by atoms with Crippen molar-refractivity contribution in [2.24, 2.45) is 0 Å². The van der Waals surface area contributed by atoms with Crippen LogP contribution in [0.25, 0.3) is 0 Å². The zero-order chi connectivity index (χ0) is 16.7. The summed E-state index contributed by atoms with van der Waals surface area (Å²) in [5.74, 6) is 1.48. The van der Waals surface area contributed by atoms with Crippen LogP contribution in [0.15, 0.2) is 54.6 Å². The molecule has 0 heterocycles. The minimum absolute atomic E-state index is 0.534. The van der Waals surface area contributed by atoms with Crippen LogP contribution in [-0.2, 0) is 0 Å². The first-order chi connectivity index (χ1) is 11.2. The van der Waals surface area contributed by atoms with Crippen LogP contribution in [-0.4, -0.2) is 19.7 Å². The van der Waals surface area contributed by atoms with E-state index in [0.29, 0.717) is 12.0 Å². The van der Waals surface area contributed by atoms with Crippen molar-refractivity contribution in [1.82, 2.24) is 0 Å². The van der Waals surface area contributed by atoms with Crippen LogP contribution < -0.4 is 9.64 Å². The molecule has 2 nitrogen and oxygen atoms in total. The molecule has 2 atom stereocenters. The number of benzene rings is 2. The van der Waals surface area contributed by atoms with Gasteiger partial charge in [0.15, 0.2) is 0 Å². The normalized spacial score (nSPS) is 13.4. The SMILES string of the molecule is CCC(C)N(CCC(C)c1ccccc1)c1ccc(OC)cc1. The van der Waals surface area contributed by atoms with Gasteiger partial charge in [-0.2, -0.15) is 0 Å². The molecule has 124 valence electrons. The van der Waals surface area contributed by atoms with Gasteiger partial charge in [0.05, 0.1) is 7.11 Å². The van der Waals surface area contributed by atoms with Gasteiger partial charge in [-0.05, 0) is 55.5 Å². The highest BCUT2D eigenvalue weighted by atomic mass is 16.5. The van der Waals surface area contributed by atoms with Gasteiger partial charge in [-0.15, -0.1) is 0 Å². The largest absolute Gasteiger partial charge is 0.497 e. The second kappa shape index (κ2) is 8.61. The van der Waals surface area contributed by atoms with Crippen molar-refractivity contribution in [1.29, 1.82) is 0 Å². The lowest BCUT2D eigenvalue weighted by Crippen LogP contribution is -2.34. The third-order valence-corrected chi connectivity index (χ3v) is 4.70. The van der Waals surface area contributed by atoms with Gasteiger partial charge in [0.2, 0.25) is 0 Å². The molecule has 0 amide bonds. The third kappa shape index (κ3) is 4.75. The van der Waals surface area contributed by atoms with Gasteiger partial charge in [0.1, 0.15) is 5.75 Å². The Morgan fingerprint density at radius 2 is 1.61 bits per heavy atom. The lowest BCUT2D eigenvalue weighted by atomic mass is 9.97. The van der Waals surface area contributed by atoms with E-state index in [-0.39, 0.29) is 0 Å². The Morgan fingerprint density at radius 1 is 0.957 bits per heavy atom. The monoisotopic (exact) mass is 311 g/mol. The molecule has 0 aromatic heterocycles. The van der Waals surface area contributed by atoms with E-state index in [1.54, 1.807) is 7.11 Å². The van der Waals surface area contributed by atoms with Crippen molar-refractivity contribution in [3.05, 3.63) is 60.2 Å². The van der Waals surface area contributed by atoms with Crippen LogP contribution >= 0.6 is 0 Å². The van der Waals surface area contributed by atoms with E-state index in [2.05, 4.69) is 68.1 Å². The lowest BCUT2D eigenvalue weighted by molar-refractivity contribution is 0.414. The van der Waals surface area contributed by atoms with Gasteiger partial charge in [0, 0.05) is 18.3 Å². The minimum Gasteiger partial charge on any atom is -0.497 e. The summed E-state index contributed by atoms with van der Waals surface area (Å²) in [4.78, 5) is 2.51. The van der Waals surface area contributed by atoms with Crippen molar-refractivity contribution in [2.75, 3.05) is 18.6 Å². The quantitative estimate of drug-likeness (QED) is 0.639. The number of methoxy groups -OCH3 is 1. The maximum atomic E-state index is 5.27. The fourth-order valence-electron chi connectivity index (χ4n) is 2.88. The molecule has 2 heteroatoms. The third-order valence-electron chi connectivity index (χ3n) is 4.70. The summed E-state index contributed by atoms with van der Waals surface area (Å²) in [5.41, 5.74) is 2.70. The Hall–Kier alpha value is -1.96. The number of rotatable bonds is 8. The van der Waals surface area contributed by atoms with Crippen LogP contribution in [0.2, 0.25) is 0 Å². The van der Waals surface area contributed by atoms with E-state index in [4.69, 9.17) is 4.74 Å². The fraction of sp³-hybridized carbons (Fsp3) is 0.429. The Morgan fingerprint density at radius 3 is 2.17 bits per heavy atom. The average molecular weight is 311 g/mol. The van der Waals surface area contributed by atoms with E-state index >= 15 is 0 Å². The highest BCUT2D eigenvalue weighted by Crippen LogP contribution is 2.25. The Bertz CT molecular complexity index is 564. The van der Waals surface area contributed by atoms with E-state index in [1.807, 2.05) is 12.1 Å². The van der Waals surface area contributed by atoms with Crippen LogP contribution in [0.3, 0.4) is 0 Å². The number of hydrogen-bond acceptors (Lipinski definition) is 2. The second-order valence-electron chi connectivity index (χ2n) is 6.25. The predicted molar refractivity (Wildman–Crippen MR) is 99.6 cm³/mol. The van der Waals surface area contributed by atoms with Crippen molar-refractivity contribution in [3.63, 3.8) is 0 Å². The zero-order valence-electron chi connectivity index (χ0n) is 14.8. The maximum absolute atomic E-state index is 5.27. The number of ether oxygens (including phenoxy) is 1. The molecular weight excluding hydrogens is 282 g/mol. The van der Waals surface area contributed by atoms with Crippen molar-refractivity contribution in [3.8, 4) is 5.75 Å². The van der Waals surface area contributed by atoms with E-state index < -0.39 is 0 Å². The Kier molecular flexibility index (Phi) is 6.52. The van der Waals surface area contributed by atoms with E-state index in [9.17, 15) is 0 Å². The maximum Gasteiger partial charge on any atom is 0.119 e. The smallest absolute Gasteiger partial charge is 0.119 e. The molecule has 0 N–H and O–H groups in total. The van der Waals surface area contributed by atoms with Crippen LogP contribution in [0.5, 0.6) is 5.75 Å². The summed E-state index contributed by atoms with van der Waals surface area (Å²) in [6, 6.07) is 19.7. The van der Waals surface area contributed by atoms with Gasteiger partial charge in [-0.3, -0.25) is 0 Å². The summed E-state index contributed by atoms with van der Waals surface area (Å²) in [6.07, 6.45) is 2.30. The molecule has 0 spiro atoms. The first-order valence-corrected chi connectivity index (χ1v) is 8.61. The van der Waals surface area contributed by atoms with E-state index in [1.165, 1.54) is 11.3 Å². The van der Waals surface area contributed by atoms with Gasteiger partial charge in [0.25, 0.3) is 0 Å². The summed E-state index contributed by atoms with van der Waals surface area (Å²) >= 11 is 0. The summed E-state index contributed by atoms with van der Waals surface area (Å²) in [6.45, 7) is 7.94. The van der Waals surface area contributed by atoms with Gasteiger partial charge in [-0.25, -0.2) is 0 Å². The van der Waals surface area contributed by atoms with E-state index in [0.717, 1.165) is 25.1 Å². The number of anilines is 1. The zero-order valence-corrected chi connectivity index (χ0v) is 14.8. The highest BCUT2D eigenvalue weighted by molar-refractivity contribution is 5.50. The highest BCUT2D eigenvalue weighted by Gasteiger charge is 2.15. The summed E-state index contributed by atoms with van der Waals surface area (Å²) < 4.78 is 5.27. The average Bonchev–Trinajstić information content (AvgIpc) is 2.62. The molecule has 0 fully saturated rings. The standard InChI is InChI=1S/C21H29NO/c1-5-18(3)22(20-11-13-21(23-4)14-12-20)16-15-17(2)19-9-7-6-8-10-19/h6-14,17-18H,5,15-16H2,1-4H3. The molecule has 2 aromatic carbocycles. The first kappa shape index (κ1) is 17.4. The van der Waals surface area contributed by atoms with Crippen LogP contribution in [0, 0.1) is 0 Å². The molecule has 0 bridgehead atoms. The second-order valence-corrected chi connectivity index (χ2v) is 6.25. The molecule has 0 saturated heterocycles. The van der Waals surface area contributed by atoms with Crippen molar-refractivity contribution >= 4 is 5.69 Å². The van der Waals surface area contributed by atoms with Crippen LogP contribution in [0.4, 0.5) is 5.69 Å². The molecule has 2 rings (SSSR count). The molecular formula is C21H29NO. The molecule has 23 heavy (non-hydrogen) atoms. The van der Waals surface area contributed by atoms with Gasteiger partial charge < -0.3 is 9.64 Å². The minimum atomic E-state index is 0.534. The first-order valence-electron chi connectivity index (χ1n) is 8.61. The van der Waals surface area contributed by atoms with Gasteiger partial charge in [-0.1, -0.05) is 44.2 Å². The molecule has 0 radical (unpaired) electrons. The van der Waals surface area contributed by atoms with Crippen LogP contribution in [0.1, 0.15) is 45.1 Å². The number of nitrogens with zero attached hydrogens (tertiary/aromatic N) is 1. The fourth-order valence-corrected chi connectivity index (χ4v) is 2.88. The molecule has 2 unspecified atom stereocenters. The summed E-state index contributed by atoms with van der Waals surface area (Å²) in [5, 5.41) is 0. The van der Waals surface area contributed by atoms with Crippen molar-refractivity contribution in [2.45, 2.75) is 45.6 Å². The molecule has 0 aliphatic heterocycles. The summed E-state index contributed by atoms with van der Waals surface area (Å²) in [7, 11) is 1.71. The predicted octanol–water partition coefficient (Wildman–Crippen LogP) is 5.49. The molecule has 0 saturated carbocycles. The topological polar surface area (TPSA) is 12.5 Å². The number of hydrogen-bond donors (Lipinski definition) is 0.